The molecule has 0 aromatic rings. The first-order valence-corrected chi connectivity index (χ1v) is 5.95. The van der Waals surface area contributed by atoms with E-state index in [1.165, 1.54) is 12.8 Å². The van der Waals surface area contributed by atoms with Crippen molar-refractivity contribution in [1.29, 1.82) is 0 Å². The Hall–Kier alpha value is -0.570. The van der Waals surface area contributed by atoms with Crippen LogP contribution < -0.4 is 0 Å². The Morgan fingerprint density at radius 2 is 2.27 bits per heavy atom. The lowest BCUT2D eigenvalue weighted by atomic mass is 9.88. The largest absolute Gasteiger partial charge is 0.481 e. The SMILES string of the molecule is CC1CCCC(OC(C)CCC(=O)O)C1. The van der Waals surface area contributed by atoms with Crippen LogP contribution in [0.25, 0.3) is 0 Å². The molecule has 3 atom stereocenters. The van der Waals surface area contributed by atoms with E-state index >= 15 is 0 Å². The van der Waals surface area contributed by atoms with Gasteiger partial charge in [-0.25, -0.2) is 0 Å². The van der Waals surface area contributed by atoms with Gasteiger partial charge in [-0.05, 0) is 32.1 Å². The van der Waals surface area contributed by atoms with E-state index in [1.54, 1.807) is 0 Å². The van der Waals surface area contributed by atoms with Gasteiger partial charge in [0.2, 0.25) is 0 Å². The Kier molecular flexibility index (Phi) is 5.09. The topological polar surface area (TPSA) is 46.5 Å². The minimum Gasteiger partial charge on any atom is -0.481 e. The molecule has 1 aliphatic rings. The van der Waals surface area contributed by atoms with Crippen LogP contribution in [0.15, 0.2) is 0 Å². The van der Waals surface area contributed by atoms with Crippen LogP contribution in [0.4, 0.5) is 0 Å². The molecule has 0 amide bonds. The first-order valence-electron chi connectivity index (χ1n) is 5.95. The number of carboxylic acid groups (broad SMARTS) is 1. The predicted molar refractivity (Wildman–Crippen MR) is 58.8 cm³/mol. The van der Waals surface area contributed by atoms with E-state index in [-0.39, 0.29) is 12.5 Å². The summed E-state index contributed by atoms with van der Waals surface area (Å²) in [7, 11) is 0. The van der Waals surface area contributed by atoms with E-state index in [2.05, 4.69) is 6.92 Å². The molecular weight excluding hydrogens is 192 g/mol. The van der Waals surface area contributed by atoms with Crippen molar-refractivity contribution in [2.24, 2.45) is 5.92 Å². The fraction of sp³-hybridized carbons (Fsp3) is 0.917. The Labute approximate surface area is 91.8 Å². The average Bonchev–Trinajstić information content (AvgIpc) is 2.15. The molecule has 15 heavy (non-hydrogen) atoms. The summed E-state index contributed by atoms with van der Waals surface area (Å²) < 4.78 is 5.85. The zero-order chi connectivity index (χ0) is 11.3. The summed E-state index contributed by atoms with van der Waals surface area (Å²) in [5, 5.41) is 8.55. The summed E-state index contributed by atoms with van der Waals surface area (Å²) in [4.78, 5) is 10.4. The van der Waals surface area contributed by atoms with Crippen molar-refractivity contribution in [2.45, 2.75) is 64.6 Å². The van der Waals surface area contributed by atoms with Gasteiger partial charge in [0.15, 0.2) is 0 Å². The molecule has 0 aromatic heterocycles. The minimum absolute atomic E-state index is 0.0800. The molecule has 0 saturated heterocycles. The second kappa shape index (κ2) is 6.11. The normalized spacial score (nSPS) is 28.7. The van der Waals surface area contributed by atoms with Gasteiger partial charge in [-0.2, -0.15) is 0 Å². The van der Waals surface area contributed by atoms with Crippen molar-refractivity contribution in [3.05, 3.63) is 0 Å². The summed E-state index contributed by atoms with van der Waals surface area (Å²) in [5.74, 6) is 0.0258. The maximum Gasteiger partial charge on any atom is 0.303 e. The summed E-state index contributed by atoms with van der Waals surface area (Å²) >= 11 is 0. The van der Waals surface area contributed by atoms with Crippen molar-refractivity contribution in [1.82, 2.24) is 0 Å². The minimum atomic E-state index is -0.734. The third kappa shape index (κ3) is 5.17. The number of ether oxygens (including phenoxy) is 1. The lowest BCUT2D eigenvalue weighted by Gasteiger charge is -2.29. The third-order valence-corrected chi connectivity index (χ3v) is 3.08. The monoisotopic (exact) mass is 214 g/mol. The second-order valence-corrected chi connectivity index (χ2v) is 4.77. The Morgan fingerprint density at radius 3 is 2.87 bits per heavy atom. The van der Waals surface area contributed by atoms with Gasteiger partial charge in [-0.3, -0.25) is 4.79 Å². The van der Waals surface area contributed by atoms with Crippen LogP contribution in [0.2, 0.25) is 0 Å². The van der Waals surface area contributed by atoms with Gasteiger partial charge in [-0.1, -0.05) is 19.8 Å². The molecule has 3 nitrogen and oxygen atoms in total. The number of carbonyl (C=O) groups is 1. The molecule has 0 radical (unpaired) electrons. The summed E-state index contributed by atoms with van der Waals surface area (Å²) in [5.41, 5.74) is 0. The van der Waals surface area contributed by atoms with Crippen LogP contribution in [0, 0.1) is 5.92 Å². The lowest BCUT2D eigenvalue weighted by Crippen LogP contribution is -2.26. The average molecular weight is 214 g/mol. The van der Waals surface area contributed by atoms with Gasteiger partial charge in [0, 0.05) is 6.42 Å². The zero-order valence-electron chi connectivity index (χ0n) is 9.74. The molecule has 1 N–H and O–H groups in total. The molecule has 0 aliphatic heterocycles. The highest BCUT2D eigenvalue weighted by molar-refractivity contribution is 5.66. The fourth-order valence-electron chi connectivity index (χ4n) is 2.23. The maximum absolute atomic E-state index is 10.4. The summed E-state index contributed by atoms with van der Waals surface area (Å²) in [6.45, 7) is 4.24. The predicted octanol–water partition coefficient (Wildman–Crippen LogP) is 2.84. The van der Waals surface area contributed by atoms with Crippen LogP contribution >= 0.6 is 0 Å². The molecule has 1 fully saturated rings. The van der Waals surface area contributed by atoms with Gasteiger partial charge in [0.05, 0.1) is 12.2 Å². The molecule has 3 heteroatoms. The van der Waals surface area contributed by atoms with E-state index in [9.17, 15) is 4.79 Å². The Balaban J connectivity index is 2.18. The van der Waals surface area contributed by atoms with E-state index in [1.807, 2.05) is 6.92 Å². The van der Waals surface area contributed by atoms with Gasteiger partial charge in [-0.15, -0.1) is 0 Å². The van der Waals surface area contributed by atoms with E-state index in [0.29, 0.717) is 12.5 Å². The molecule has 88 valence electrons. The van der Waals surface area contributed by atoms with Crippen LogP contribution in [0.5, 0.6) is 0 Å². The summed E-state index contributed by atoms with van der Waals surface area (Å²) in [6.07, 6.45) is 6.11. The van der Waals surface area contributed by atoms with Crippen molar-refractivity contribution < 1.29 is 14.6 Å². The van der Waals surface area contributed by atoms with Crippen molar-refractivity contribution in [3.63, 3.8) is 0 Å². The quantitative estimate of drug-likeness (QED) is 0.765. The van der Waals surface area contributed by atoms with E-state index in [4.69, 9.17) is 9.84 Å². The smallest absolute Gasteiger partial charge is 0.303 e. The van der Waals surface area contributed by atoms with Gasteiger partial charge in [0.25, 0.3) is 0 Å². The molecule has 1 aliphatic carbocycles. The van der Waals surface area contributed by atoms with Crippen LogP contribution in [-0.2, 0) is 9.53 Å². The van der Waals surface area contributed by atoms with Crippen molar-refractivity contribution >= 4 is 5.97 Å². The lowest BCUT2D eigenvalue weighted by molar-refractivity contribution is -0.138. The zero-order valence-corrected chi connectivity index (χ0v) is 9.74. The highest BCUT2D eigenvalue weighted by atomic mass is 16.5. The molecule has 1 rings (SSSR count). The number of hydrogen-bond donors (Lipinski definition) is 1. The number of carboxylic acids is 1. The van der Waals surface area contributed by atoms with Crippen molar-refractivity contribution in [3.8, 4) is 0 Å². The van der Waals surface area contributed by atoms with Crippen LogP contribution in [-0.4, -0.2) is 23.3 Å². The standard InChI is InChI=1S/C12H22O3/c1-9-4-3-5-11(8-9)15-10(2)6-7-12(13)14/h9-11H,3-8H2,1-2H3,(H,13,14). The molecule has 0 heterocycles. The fourth-order valence-corrected chi connectivity index (χ4v) is 2.23. The second-order valence-electron chi connectivity index (χ2n) is 4.77. The first-order chi connectivity index (χ1) is 7.08. The van der Waals surface area contributed by atoms with E-state index < -0.39 is 5.97 Å². The molecule has 1 saturated carbocycles. The highest BCUT2D eigenvalue weighted by Gasteiger charge is 2.21. The number of rotatable bonds is 5. The number of hydrogen-bond acceptors (Lipinski definition) is 2. The molecular formula is C12H22O3. The van der Waals surface area contributed by atoms with Gasteiger partial charge in [0.1, 0.15) is 0 Å². The number of aliphatic carboxylic acids is 1. The van der Waals surface area contributed by atoms with Crippen LogP contribution in [0.3, 0.4) is 0 Å². The van der Waals surface area contributed by atoms with Crippen molar-refractivity contribution in [2.75, 3.05) is 0 Å². The maximum atomic E-state index is 10.4. The molecule has 3 unspecified atom stereocenters. The third-order valence-electron chi connectivity index (χ3n) is 3.08. The van der Waals surface area contributed by atoms with Gasteiger partial charge >= 0.3 is 5.97 Å². The molecule has 0 aromatic carbocycles. The summed E-state index contributed by atoms with van der Waals surface area (Å²) in [6, 6.07) is 0. The Bertz CT molecular complexity index is 203. The van der Waals surface area contributed by atoms with Gasteiger partial charge < -0.3 is 9.84 Å². The first kappa shape index (κ1) is 12.5. The molecule has 0 spiro atoms. The van der Waals surface area contributed by atoms with E-state index in [0.717, 1.165) is 18.8 Å². The molecule has 0 bridgehead atoms. The Morgan fingerprint density at radius 1 is 1.53 bits per heavy atom. The van der Waals surface area contributed by atoms with Crippen LogP contribution in [0.1, 0.15) is 52.4 Å². The highest BCUT2D eigenvalue weighted by Crippen LogP contribution is 2.26.